The Morgan fingerprint density at radius 1 is 0.950 bits per heavy atom. The van der Waals surface area contributed by atoms with Crippen molar-refractivity contribution in [2.45, 2.75) is 0 Å². The van der Waals surface area contributed by atoms with E-state index >= 15 is 0 Å². The Kier molecular flexibility index (Phi) is 5.94. The molecule has 0 radical (unpaired) electrons. The van der Waals surface area contributed by atoms with E-state index < -0.39 is 0 Å². The number of pyridine rings is 3. The van der Waals surface area contributed by atoms with E-state index in [-0.39, 0.29) is 5.91 Å². The Morgan fingerprint density at radius 2 is 1.80 bits per heavy atom. The Bertz CT molecular complexity index is 1830. The number of hydrogen-bond acceptors (Lipinski definition) is 7. The molecule has 40 heavy (non-hydrogen) atoms. The average Bonchev–Trinajstić information content (AvgIpc) is 3.62. The molecule has 0 bridgehead atoms. The monoisotopic (exact) mass is 529 g/mol. The molecule has 1 fully saturated rings. The molecule has 0 aliphatic carbocycles. The van der Waals surface area contributed by atoms with Gasteiger partial charge in [-0.05, 0) is 49.5 Å². The van der Waals surface area contributed by atoms with Gasteiger partial charge in [0.15, 0.2) is 0 Å². The minimum Gasteiger partial charge on any atom is -0.353 e. The zero-order valence-corrected chi connectivity index (χ0v) is 21.9. The molecule has 3 N–H and O–H groups in total. The van der Waals surface area contributed by atoms with Crippen molar-refractivity contribution in [3.8, 4) is 22.6 Å². The first-order chi connectivity index (χ1) is 19.6. The van der Waals surface area contributed by atoms with Gasteiger partial charge < -0.3 is 20.1 Å². The van der Waals surface area contributed by atoms with Crippen LogP contribution in [0.2, 0.25) is 0 Å². The molecular formula is C30H27N9O. The average molecular weight is 530 g/mol. The number of rotatable bonds is 5. The van der Waals surface area contributed by atoms with Crippen LogP contribution in [0.4, 0.5) is 11.5 Å². The minimum absolute atomic E-state index is 0.190. The minimum atomic E-state index is -0.190. The highest BCUT2D eigenvalue weighted by atomic mass is 16.1. The number of H-pyrrole nitrogens is 2. The van der Waals surface area contributed by atoms with Crippen LogP contribution < -0.4 is 10.2 Å². The highest BCUT2D eigenvalue weighted by molar-refractivity contribution is 6.04. The SMILES string of the molecule is CN1CCN(c2nccc3[nH]c(-c4n[nH]c5ccc(-c6cncc(NC(=O)c7ccccc7)c6)nc45)cc23)CC1. The zero-order valence-electron chi connectivity index (χ0n) is 21.9. The molecule has 1 amide bonds. The van der Waals surface area contributed by atoms with Gasteiger partial charge in [-0.3, -0.25) is 14.9 Å². The summed E-state index contributed by atoms with van der Waals surface area (Å²) in [7, 11) is 2.15. The molecule has 7 rings (SSSR count). The number of piperazine rings is 1. The van der Waals surface area contributed by atoms with Crippen molar-refractivity contribution >= 4 is 39.3 Å². The Labute approximate surface area is 230 Å². The number of amides is 1. The van der Waals surface area contributed by atoms with Gasteiger partial charge in [0.05, 0.1) is 34.3 Å². The van der Waals surface area contributed by atoms with E-state index in [0.717, 1.165) is 76.6 Å². The summed E-state index contributed by atoms with van der Waals surface area (Å²) in [6, 6.07) is 19.0. The molecule has 6 heterocycles. The van der Waals surface area contributed by atoms with Crippen LogP contribution in [-0.2, 0) is 0 Å². The lowest BCUT2D eigenvalue weighted by Gasteiger charge is -2.33. The number of nitrogens with zero attached hydrogens (tertiary/aromatic N) is 6. The molecule has 0 atom stereocenters. The van der Waals surface area contributed by atoms with Crippen molar-refractivity contribution < 1.29 is 4.79 Å². The van der Waals surface area contributed by atoms with Gasteiger partial charge in [-0.1, -0.05) is 18.2 Å². The number of likely N-dealkylation sites (N-methyl/N-ethyl adjacent to an activating group) is 1. The van der Waals surface area contributed by atoms with Gasteiger partial charge in [0, 0.05) is 55.1 Å². The van der Waals surface area contributed by atoms with Crippen LogP contribution in [-0.4, -0.2) is 74.2 Å². The molecule has 0 spiro atoms. The van der Waals surface area contributed by atoms with Crippen molar-refractivity contribution in [2.24, 2.45) is 0 Å². The largest absolute Gasteiger partial charge is 0.353 e. The summed E-state index contributed by atoms with van der Waals surface area (Å²) in [5.41, 5.74) is 6.90. The van der Waals surface area contributed by atoms with Crippen molar-refractivity contribution in [1.29, 1.82) is 0 Å². The fourth-order valence-corrected chi connectivity index (χ4v) is 5.13. The fraction of sp³-hybridized carbons (Fsp3) is 0.167. The smallest absolute Gasteiger partial charge is 0.255 e. The van der Waals surface area contributed by atoms with Gasteiger partial charge in [0.25, 0.3) is 5.91 Å². The first-order valence-corrected chi connectivity index (χ1v) is 13.2. The highest BCUT2D eigenvalue weighted by Crippen LogP contribution is 2.33. The number of aromatic nitrogens is 6. The van der Waals surface area contributed by atoms with Crippen LogP contribution in [0.15, 0.2) is 79.3 Å². The number of aromatic amines is 2. The fourth-order valence-electron chi connectivity index (χ4n) is 5.13. The number of carbonyl (C=O) groups excluding carboxylic acids is 1. The number of nitrogens with one attached hydrogen (secondary N) is 3. The van der Waals surface area contributed by atoms with Crippen LogP contribution in [0.1, 0.15) is 10.4 Å². The number of benzene rings is 1. The van der Waals surface area contributed by atoms with E-state index in [0.29, 0.717) is 11.3 Å². The molecule has 1 aliphatic heterocycles. The van der Waals surface area contributed by atoms with E-state index in [4.69, 9.17) is 9.97 Å². The van der Waals surface area contributed by atoms with Crippen molar-refractivity contribution in [3.63, 3.8) is 0 Å². The number of hydrogen-bond donors (Lipinski definition) is 3. The second-order valence-corrected chi connectivity index (χ2v) is 10.0. The lowest BCUT2D eigenvalue weighted by Crippen LogP contribution is -2.44. The molecule has 0 saturated carbocycles. The lowest BCUT2D eigenvalue weighted by atomic mass is 10.1. The Balaban J connectivity index is 1.21. The van der Waals surface area contributed by atoms with Crippen LogP contribution >= 0.6 is 0 Å². The normalized spacial score (nSPS) is 14.2. The summed E-state index contributed by atoms with van der Waals surface area (Å²) >= 11 is 0. The van der Waals surface area contributed by atoms with Gasteiger partial charge in [0.1, 0.15) is 17.0 Å². The van der Waals surface area contributed by atoms with Gasteiger partial charge in [0.2, 0.25) is 0 Å². The maximum Gasteiger partial charge on any atom is 0.255 e. The van der Waals surface area contributed by atoms with E-state index in [1.807, 2.05) is 48.7 Å². The molecule has 1 aromatic carbocycles. The molecule has 6 aromatic rings. The maximum atomic E-state index is 12.6. The van der Waals surface area contributed by atoms with E-state index in [1.165, 1.54) is 0 Å². The second-order valence-electron chi connectivity index (χ2n) is 10.0. The van der Waals surface area contributed by atoms with Crippen molar-refractivity contribution in [1.82, 2.24) is 35.0 Å². The second kappa shape index (κ2) is 9.90. The van der Waals surface area contributed by atoms with Gasteiger partial charge in [-0.15, -0.1) is 0 Å². The third kappa shape index (κ3) is 4.44. The summed E-state index contributed by atoms with van der Waals surface area (Å²) in [5, 5.41) is 11.7. The molecule has 1 saturated heterocycles. The van der Waals surface area contributed by atoms with E-state index in [9.17, 15) is 4.79 Å². The maximum absolute atomic E-state index is 12.6. The number of carbonyl (C=O) groups is 1. The quantitative estimate of drug-likeness (QED) is 0.299. The molecule has 10 nitrogen and oxygen atoms in total. The third-order valence-electron chi connectivity index (χ3n) is 7.32. The molecule has 0 unspecified atom stereocenters. The van der Waals surface area contributed by atoms with Crippen molar-refractivity contribution in [2.75, 3.05) is 43.4 Å². The molecule has 198 valence electrons. The summed E-state index contributed by atoms with van der Waals surface area (Å²) in [6.45, 7) is 3.91. The summed E-state index contributed by atoms with van der Waals surface area (Å²) in [4.78, 5) is 34.9. The van der Waals surface area contributed by atoms with E-state index in [2.05, 4.69) is 48.4 Å². The van der Waals surface area contributed by atoms with Crippen LogP contribution in [0, 0.1) is 0 Å². The standard InChI is InChI=1S/C30H27N9O/c1-38-11-13-39(14-12-38)29-22-16-26(34-24(22)9-10-32-29)28-27-25(36-37-28)8-7-23(35-27)20-15-21(18-31-17-20)33-30(40)19-5-3-2-4-6-19/h2-10,15-18,34H,11-14H2,1H3,(H,33,40)(H,36,37). The van der Waals surface area contributed by atoms with Crippen LogP contribution in [0.25, 0.3) is 44.6 Å². The molecule has 1 aliphatic rings. The zero-order chi connectivity index (χ0) is 27.1. The first-order valence-electron chi connectivity index (χ1n) is 13.2. The van der Waals surface area contributed by atoms with Crippen molar-refractivity contribution in [3.05, 3.63) is 84.8 Å². The summed E-state index contributed by atoms with van der Waals surface area (Å²) in [6.07, 6.45) is 5.22. The lowest BCUT2D eigenvalue weighted by molar-refractivity contribution is 0.102. The van der Waals surface area contributed by atoms with Gasteiger partial charge in [-0.2, -0.15) is 5.10 Å². The Morgan fingerprint density at radius 3 is 2.65 bits per heavy atom. The van der Waals surface area contributed by atoms with Gasteiger partial charge >= 0.3 is 0 Å². The number of anilines is 2. The molecule has 5 aromatic heterocycles. The third-order valence-corrected chi connectivity index (χ3v) is 7.32. The number of fused-ring (bicyclic) bond motifs is 2. The van der Waals surface area contributed by atoms with Crippen LogP contribution in [0.5, 0.6) is 0 Å². The summed E-state index contributed by atoms with van der Waals surface area (Å²) in [5.74, 6) is 0.798. The van der Waals surface area contributed by atoms with E-state index in [1.54, 1.807) is 24.5 Å². The van der Waals surface area contributed by atoms with Gasteiger partial charge in [-0.25, -0.2) is 9.97 Å². The Hall–Kier alpha value is -5.09. The summed E-state index contributed by atoms with van der Waals surface area (Å²) < 4.78 is 0. The van der Waals surface area contributed by atoms with Crippen LogP contribution in [0.3, 0.4) is 0 Å². The molecule has 10 heteroatoms. The highest BCUT2D eigenvalue weighted by Gasteiger charge is 2.20. The predicted octanol–water partition coefficient (Wildman–Crippen LogP) is 4.57. The topological polar surface area (TPSA) is 119 Å². The first kappa shape index (κ1) is 24.0. The predicted molar refractivity (Wildman–Crippen MR) is 156 cm³/mol. The molecular weight excluding hydrogens is 502 g/mol.